The van der Waals surface area contributed by atoms with Gasteiger partial charge < -0.3 is 20.1 Å². The number of carbonyl (C=O) groups excluding carboxylic acids is 2. The molecular weight excluding hydrogens is 432 g/mol. The van der Waals surface area contributed by atoms with Crippen LogP contribution >= 0.6 is 11.6 Å². The molecule has 2 aromatic carbocycles. The van der Waals surface area contributed by atoms with Crippen LogP contribution in [0.15, 0.2) is 47.5 Å². The first kappa shape index (κ1) is 22.1. The molecule has 2 amide bonds. The zero-order chi connectivity index (χ0) is 22.7. The lowest BCUT2D eigenvalue weighted by Crippen LogP contribution is -2.39. The Hall–Kier alpha value is -3.10. The summed E-state index contributed by atoms with van der Waals surface area (Å²) in [6.07, 6.45) is 1.51. The molecule has 168 valence electrons. The van der Waals surface area contributed by atoms with Crippen molar-refractivity contribution in [2.45, 2.75) is 44.9 Å². The van der Waals surface area contributed by atoms with E-state index < -0.39 is 6.04 Å². The molecular formula is C23H25ClN4O4. The predicted octanol–water partition coefficient (Wildman–Crippen LogP) is 3.21. The molecule has 0 spiro atoms. The molecule has 1 fully saturated rings. The molecule has 2 heterocycles. The highest BCUT2D eigenvalue weighted by Gasteiger charge is 2.39. The number of carbonyl (C=O) groups is 2. The van der Waals surface area contributed by atoms with Crippen molar-refractivity contribution in [1.82, 2.24) is 10.2 Å². The summed E-state index contributed by atoms with van der Waals surface area (Å²) in [6.45, 7) is 2.05. The van der Waals surface area contributed by atoms with E-state index in [-0.39, 0.29) is 24.5 Å². The third kappa shape index (κ3) is 4.71. The average Bonchev–Trinajstić information content (AvgIpc) is 3.09. The van der Waals surface area contributed by atoms with Crippen molar-refractivity contribution in [2.24, 2.45) is 4.99 Å². The lowest BCUT2D eigenvalue weighted by atomic mass is 10.1. The number of amides is 2. The number of benzene rings is 2. The molecule has 32 heavy (non-hydrogen) atoms. The minimum Gasteiger partial charge on any atom is -0.487 e. The summed E-state index contributed by atoms with van der Waals surface area (Å²) < 4.78 is 6.12. The summed E-state index contributed by atoms with van der Waals surface area (Å²) in [5.41, 5.74) is 2.22. The Morgan fingerprint density at radius 3 is 2.88 bits per heavy atom. The van der Waals surface area contributed by atoms with Gasteiger partial charge in [0.15, 0.2) is 5.75 Å². The average molecular weight is 457 g/mol. The summed E-state index contributed by atoms with van der Waals surface area (Å²) in [5.74, 6) is 0.522. The highest BCUT2D eigenvalue weighted by atomic mass is 35.5. The van der Waals surface area contributed by atoms with Crippen molar-refractivity contribution in [2.75, 3.05) is 11.9 Å². The fourth-order valence-electron chi connectivity index (χ4n) is 3.81. The van der Waals surface area contributed by atoms with Crippen molar-refractivity contribution in [3.63, 3.8) is 0 Å². The second kappa shape index (κ2) is 9.58. The topological polar surface area (TPSA) is 103 Å². The monoisotopic (exact) mass is 456 g/mol. The largest absolute Gasteiger partial charge is 0.487 e. The first-order chi connectivity index (χ1) is 15.5. The van der Waals surface area contributed by atoms with Crippen LogP contribution in [0.5, 0.6) is 5.75 Å². The number of anilines is 1. The second-order valence-corrected chi connectivity index (χ2v) is 8.28. The molecule has 2 unspecified atom stereocenters. The van der Waals surface area contributed by atoms with E-state index in [0.717, 1.165) is 11.3 Å². The molecule has 2 aliphatic heterocycles. The number of guanidine groups is 1. The zero-order valence-electron chi connectivity index (χ0n) is 17.7. The van der Waals surface area contributed by atoms with Crippen LogP contribution in [-0.4, -0.2) is 46.5 Å². The number of nitrogens with zero attached hydrogens (tertiary/aromatic N) is 2. The Balaban J connectivity index is 1.38. The van der Waals surface area contributed by atoms with Crippen molar-refractivity contribution in [3.05, 3.63) is 53.1 Å². The number of para-hydroxylation sites is 1. The third-order valence-corrected chi connectivity index (χ3v) is 5.77. The molecule has 0 bridgehead atoms. The number of hydrogen-bond acceptors (Lipinski definition) is 6. The first-order valence-corrected chi connectivity index (χ1v) is 10.9. The molecule has 0 radical (unpaired) electrons. The van der Waals surface area contributed by atoms with Crippen LogP contribution in [0.4, 0.5) is 11.4 Å². The van der Waals surface area contributed by atoms with Gasteiger partial charge in [-0.1, -0.05) is 35.9 Å². The van der Waals surface area contributed by atoms with Crippen LogP contribution in [0.3, 0.4) is 0 Å². The van der Waals surface area contributed by atoms with Crippen molar-refractivity contribution < 1.29 is 19.4 Å². The standard InChI is InChI=1S/C23H25ClN4O4/c1-14(6-5-9-19(30)25-16-7-3-2-4-8-16)32-21-17(24)11-10-15-12-28-18(13-29)22(31)27-23(28)26-20(15)21/h2-4,7-8,10-11,14,18,29H,5-6,9,12-13H2,1H3,(H,25,30)(H,26,27,31). The smallest absolute Gasteiger partial charge is 0.251 e. The number of halogens is 1. The van der Waals surface area contributed by atoms with Gasteiger partial charge in [-0.3, -0.25) is 14.9 Å². The maximum Gasteiger partial charge on any atom is 0.251 e. The van der Waals surface area contributed by atoms with Gasteiger partial charge in [0.1, 0.15) is 11.7 Å². The molecule has 9 heteroatoms. The Kier molecular flexibility index (Phi) is 6.62. The molecule has 2 aromatic rings. The van der Waals surface area contributed by atoms with Crippen molar-refractivity contribution in [3.8, 4) is 5.75 Å². The van der Waals surface area contributed by atoms with E-state index in [1.165, 1.54) is 0 Å². The van der Waals surface area contributed by atoms with Crippen LogP contribution in [0.25, 0.3) is 0 Å². The first-order valence-electron chi connectivity index (χ1n) is 10.6. The van der Waals surface area contributed by atoms with E-state index in [4.69, 9.17) is 16.3 Å². The van der Waals surface area contributed by atoms with E-state index in [0.29, 0.717) is 48.2 Å². The summed E-state index contributed by atoms with van der Waals surface area (Å²) in [6, 6.07) is 12.3. The molecule has 0 aliphatic carbocycles. The van der Waals surface area contributed by atoms with Crippen molar-refractivity contribution in [1.29, 1.82) is 0 Å². The van der Waals surface area contributed by atoms with Gasteiger partial charge in [0.25, 0.3) is 5.91 Å². The minimum atomic E-state index is -0.650. The number of aliphatic hydroxyl groups is 1. The Labute approximate surface area is 191 Å². The van der Waals surface area contributed by atoms with Crippen molar-refractivity contribution >= 4 is 40.7 Å². The van der Waals surface area contributed by atoms with Crippen LogP contribution in [-0.2, 0) is 16.1 Å². The molecule has 2 atom stereocenters. The van der Waals surface area contributed by atoms with Gasteiger partial charge in [-0.15, -0.1) is 0 Å². The SMILES string of the molecule is CC(CCCC(=O)Nc1ccccc1)Oc1c(Cl)ccc2c1N=C1NC(=O)C(CO)N1C2. The number of ether oxygens (including phenoxy) is 1. The predicted molar refractivity (Wildman–Crippen MR) is 122 cm³/mol. The zero-order valence-corrected chi connectivity index (χ0v) is 18.4. The molecule has 0 saturated carbocycles. The maximum atomic E-state index is 12.1. The van der Waals surface area contributed by atoms with Gasteiger partial charge in [0, 0.05) is 24.2 Å². The Bertz CT molecular complexity index is 1040. The summed E-state index contributed by atoms with van der Waals surface area (Å²) in [4.78, 5) is 30.5. The lowest BCUT2D eigenvalue weighted by molar-refractivity contribution is -0.122. The molecule has 3 N–H and O–H groups in total. The van der Waals surface area contributed by atoms with Gasteiger partial charge in [0.05, 0.1) is 17.7 Å². The third-order valence-electron chi connectivity index (χ3n) is 5.48. The molecule has 0 aromatic heterocycles. The molecule has 4 rings (SSSR count). The molecule has 8 nitrogen and oxygen atoms in total. The number of rotatable bonds is 8. The summed E-state index contributed by atoms with van der Waals surface area (Å²) in [5, 5.41) is 15.5. The minimum absolute atomic E-state index is 0.0413. The lowest BCUT2D eigenvalue weighted by Gasteiger charge is -2.28. The number of fused-ring (bicyclic) bond motifs is 2. The Morgan fingerprint density at radius 2 is 2.12 bits per heavy atom. The van der Waals surface area contributed by atoms with Crippen LogP contribution < -0.4 is 15.4 Å². The summed E-state index contributed by atoms with van der Waals surface area (Å²) >= 11 is 6.41. The highest BCUT2D eigenvalue weighted by Crippen LogP contribution is 2.42. The second-order valence-electron chi connectivity index (χ2n) is 7.87. The van der Waals surface area contributed by atoms with E-state index in [1.54, 1.807) is 11.0 Å². The van der Waals surface area contributed by atoms with Crippen LogP contribution in [0.1, 0.15) is 31.7 Å². The van der Waals surface area contributed by atoms with Gasteiger partial charge in [-0.25, -0.2) is 4.99 Å². The van der Waals surface area contributed by atoms with Crippen LogP contribution in [0, 0.1) is 0 Å². The van der Waals surface area contributed by atoms with Gasteiger partial charge in [-0.05, 0) is 38.0 Å². The fourth-order valence-corrected chi connectivity index (χ4v) is 4.00. The molecule has 1 saturated heterocycles. The van der Waals surface area contributed by atoms with E-state index in [9.17, 15) is 14.7 Å². The van der Waals surface area contributed by atoms with Gasteiger partial charge in [-0.2, -0.15) is 0 Å². The normalized spacial score (nSPS) is 17.7. The Morgan fingerprint density at radius 1 is 1.34 bits per heavy atom. The fraction of sp³-hybridized carbons (Fsp3) is 0.348. The van der Waals surface area contributed by atoms with Gasteiger partial charge in [0.2, 0.25) is 11.9 Å². The number of aliphatic imine (C=N–C) groups is 1. The quantitative estimate of drug-likeness (QED) is 0.566. The van der Waals surface area contributed by atoms with E-state index in [2.05, 4.69) is 15.6 Å². The summed E-state index contributed by atoms with van der Waals surface area (Å²) in [7, 11) is 0. The maximum absolute atomic E-state index is 12.1. The number of hydrogen-bond donors (Lipinski definition) is 3. The highest BCUT2D eigenvalue weighted by molar-refractivity contribution is 6.32. The molecule has 2 aliphatic rings. The van der Waals surface area contributed by atoms with Crippen LogP contribution in [0.2, 0.25) is 5.02 Å². The number of aliphatic hydroxyl groups excluding tert-OH is 1. The van der Waals surface area contributed by atoms with Gasteiger partial charge >= 0.3 is 0 Å². The van der Waals surface area contributed by atoms with E-state index >= 15 is 0 Å². The van der Waals surface area contributed by atoms with E-state index in [1.807, 2.05) is 43.3 Å². The number of nitrogens with one attached hydrogen (secondary N) is 2.